The monoisotopic (exact) mass is 428 g/mol. The van der Waals surface area contributed by atoms with E-state index in [-0.39, 0.29) is 22.2 Å². The van der Waals surface area contributed by atoms with Gasteiger partial charge in [0.05, 0.1) is 10.0 Å². The fourth-order valence-corrected chi connectivity index (χ4v) is 3.26. The van der Waals surface area contributed by atoms with Gasteiger partial charge in [0.25, 0.3) is 0 Å². The van der Waals surface area contributed by atoms with Gasteiger partial charge in [0, 0.05) is 12.7 Å². The van der Waals surface area contributed by atoms with Crippen molar-refractivity contribution in [2.24, 2.45) is 0 Å². The van der Waals surface area contributed by atoms with Crippen LogP contribution < -0.4 is 4.72 Å². The highest BCUT2D eigenvalue weighted by Gasteiger charge is 2.30. The first-order valence-corrected chi connectivity index (χ1v) is 8.72. The Morgan fingerprint density at radius 2 is 1.96 bits per heavy atom. The molecule has 4 nitrogen and oxygen atoms in total. The van der Waals surface area contributed by atoms with Gasteiger partial charge >= 0.3 is 6.18 Å². The number of halogens is 5. The lowest BCUT2D eigenvalue weighted by Crippen LogP contribution is -2.23. The van der Waals surface area contributed by atoms with Crippen LogP contribution in [0.3, 0.4) is 0 Å². The third kappa shape index (κ3) is 4.66. The second-order valence-corrected chi connectivity index (χ2v) is 7.45. The number of rotatable bonds is 4. The van der Waals surface area contributed by atoms with Crippen molar-refractivity contribution in [3.8, 4) is 0 Å². The van der Waals surface area contributed by atoms with E-state index < -0.39 is 21.8 Å². The zero-order valence-corrected chi connectivity index (χ0v) is 14.4. The summed E-state index contributed by atoms with van der Waals surface area (Å²) in [6.45, 7) is -0.285. The number of benzene rings is 1. The van der Waals surface area contributed by atoms with Crippen LogP contribution in [0.2, 0.25) is 5.15 Å². The molecule has 0 radical (unpaired) electrons. The summed E-state index contributed by atoms with van der Waals surface area (Å²) in [7, 11) is -3.93. The SMILES string of the molecule is O=S(=O)(NCc1cccc(C(F)(F)F)c1)c1cnc(Cl)c(Br)c1. The Kier molecular flexibility index (Phi) is 5.34. The molecule has 0 bridgehead atoms. The standard InChI is InChI=1S/C13H9BrClF3N2O2S/c14-11-5-10(7-19-12(11)15)23(21,22)20-6-8-2-1-3-9(4-8)13(16,17)18/h1-5,7,20H,6H2. The molecule has 1 N–H and O–H groups in total. The quantitative estimate of drug-likeness (QED) is 0.748. The molecule has 1 aromatic heterocycles. The molecule has 0 aliphatic heterocycles. The normalized spacial score (nSPS) is 12.4. The first-order chi connectivity index (χ1) is 10.6. The summed E-state index contributed by atoms with van der Waals surface area (Å²) in [5, 5.41) is 0.0989. The largest absolute Gasteiger partial charge is 0.416 e. The Labute approximate surface area is 143 Å². The van der Waals surface area contributed by atoms with Crippen molar-refractivity contribution < 1.29 is 21.6 Å². The highest BCUT2D eigenvalue weighted by atomic mass is 79.9. The van der Waals surface area contributed by atoms with Crippen LogP contribution in [0.15, 0.2) is 45.9 Å². The van der Waals surface area contributed by atoms with Crippen molar-refractivity contribution in [3.05, 3.63) is 57.3 Å². The number of hydrogen-bond acceptors (Lipinski definition) is 3. The Bertz CT molecular complexity index is 828. The molecular weight excluding hydrogens is 421 g/mol. The van der Waals surface area contributed by atoms with Gasteiger partial charge in [-0.25, -0.2) is 18.1 Å². The number of sulfonamides is 1. The van der Waals surface area contributed by atoms with Gasteiger partial charge in [0.2, 0.25) is 10.0 Å². The lowest BCUT2D eigenvalue weighted by Gasteiger charge is -2.10. The van der Waals surface area contributed by atoms with Crippen LogP contribution in [0.5, 0.6) is 0 Å². The van der Waals surface area contributed by atoms with Crippen molar-refractivity contribution in [1.82, 2.24) is 9.71 Å². The van der Waals surface area contributed by atoms with Gasteiger partial charge in [0.15, 0.2) is 0 Å². The predicted octanol–water partition coefficient (Wildman–Crippen LogP) is 3.99. The summed E-state index contributed by atoms with van der Waals surface area (Å²) in [5.41, 5.74) is -0.658. The van der Waals surface area contributed by atoms with E-state index in [2.05, 4.69) is 25.6 Å². The van der Waals surface area contributed by atoms with E-state index in [0.717, 1.165) is 18.3 Å². The maximum Gasteiger partial charge on any atom is 0.416 e. The zero-order valence-electron chi connectivity index (χ0n) is 11.2. The number of alkyl halides is 3. The minimum Gasteiger partial charge on any atom is -0.242 e. The van der Waals surface area contributed by atoms with Gasteiger partial charge in [-0.15, -0.1) is 0 Å². The maximum atomic E-state index is 12.6. The van der Waals surface area contributed by atoms with E-state index in [1.54, 1.807) is 0 Å². The van der Waals surface area contributed by atoms with E-state index >= 15 is 0 Å². The third-order valence-electron chi connectivity index (χ3n) is 2.80. The summed E-state index contributed by atoms with van der Waals surface area (Å²) < 4.78 is 64.6. The molecule has 0 unspecified atom stereocenters. The highest BCUT2D eigenvalue weighted by Crippen LogP contribution is 2.29. The molecule has 10 heteroatoms. The van der Waals surface area contributed by atoms with Crippen molar-refractivity contribution >= 4 is 37.6 Å². The second kappa shape index (κ2) is 6.76. The van der Waals surface area contributed by atoms with E-state index in [4.69, 9.17) is 11.6 Å². The second-order valence-electron chi connectivity index (χ2n) is 4.47. The van der Waals surface area contributed by atoms with Gasteiger partial charge < -0.3 is 0 Å². The molecular formula is C13H9BrClF3N2O2S. The lowest BCUT2D eigenvalue weighted by atomic mass is 10.1. The molecule has 0 atom stereocenters. The number of nitrogens with zero attached hydrogens (tertiary/aromatic N) is 1. The summed E-state index contributed by atoms with van der Waals surface area (Å²) in [5.74, 6) is 0. The Hall–Kier alpha value is -1.16. The third-order valence-corrected chi connectivity index (χ3v) is 5.30. The molecule has 0 amide bonds. The molecule has 0 fully saturated rings. The first kappa shape index (κ1) is 18.2. The highest BCUT2D eigenvalue weighted by molar-refractivity contribution is 9.10. The van der Waals surface area contributed by atoms with Crippen LogP contribution in [0.4, 0.5) is 13.2 Å². The molecule has 2 rings (SSSR count). The molecule has 0 aliphatic carbocycles. The summed E-state index contributed by atoms with van der Waals surface area (Å²) in [6.07, 6.45) is -3.43. The first-order valence-electron chi connectivity index (χ1n) is 6.06. The minimum absolute atomic E-state index is 0.0989. The van der Waals surface area contributed by atoms with Crippen LogP contribution in [0, 0.1) is 0 Å². The fraction of sp³-hybridized carbons (Fsp3) is 0.154. The molecule has 1 heterocycles. The summed E-state index contributed by atoms with van der Waals surface area (Å²) in [6, 6.07) is 5.67. The van der Waals surface area contributed by atoms with E-state index in [1.807, 2.05) is 0 Å². The van der Waals surface area contributed by atoms with Crippen LogP contribution in [0.25, 0.3) is 0 Å². The Morgan fingerprint density at radius 3 is 2.57 bits per heavy atom. The Balaban J connectivity index is 2.18. The molecule has 0 saturated carbocycles. The number of hydrogen-bond donors (Lipinski definition) is 1. The summed E-state index contributed by atoms with van der Waals surface area (Å²) in [4.78, 5) is 3.54. The van der Waals surface area contributed by atoms with Gasteiger partial charge in [-0.1, -0.05) is 29.8 Å². The smallest absolute Gasteiger partial charge is 0.242 e. The molecule has 0 aliphatic rings. The van der Waals surface area contributed by atoms with E-state index in [0.29, 0.717) is 4.47 Å². The number of aromatic nitrogens is 1. The van der Waals surface area contributed by atoms with E-state index in [9.17, 15) is 21.6 Å². The average molecular weight is 430 g/mol. The maximum absolute atomic E-state index is 12.6. The molecule has 0 spiro atoms. The molecule has 0 saturated heterocycles. The zero-order chi connectivity index (χ0) is 17.3. The molecule has 23 heavy (non-hydrogen) atoms. The number of pyridine rings is 1. The average Bonchev–Trinajstić information content (AvgIpc) is 2.47. The van der Waals surface area contributed by atoms with Gasteiger partial charge in [-0.2, -0.15) is 13.2 Å². The minimum atomic E-state index is -4.49. The van der Waals surface area contributed by atoms with Crippen molar-refractivity contribution in [1.29, 1.82) is 0 Å². The predicted molar refractivity (Wildman–Crippen MR) is 82.4 cm³/mol. The van der Waals surface area contributed by atoms with Gasteiger partial charge in [-0.05, 0) is 33.6 Å². The topological polar surface area (TPSA) is 59.1 Å². The van der Waals surface area contributed by atoms with Crippen molar-refractivity contribution in [3.63, 3.8) is 0 Å². The van der Waals surface area contributed by atoms with Crippen LogP contribution in [-0.4, -0.2) is 13.4 Å². The lowest BCUT2D eigenvalue weighted by molar-refractivity contribution is -0.137. The van der Waals surface area contributed by atoms with Gasteiger partial charge in [0.1, 0.15) is 10.0 Å². The fourth-order valence-electron chi connectivity index (χ4n) is 1.67. The van der Waals surface area contributed by atoms with Crippen LogP contribution >= 0.6 is 27.5 Å². The van der Waals surface area contributed by atoms with Crippen molar-refractivity contribution in [2.75, 3.05) is 0 Å². The van der Waals surface area contributed by atoms with E-state index in [1.165, 1.54) is 18.2 Å². The molecule has 124 valence electrons. The number of nitrogens with one attached hydrogen (secondary N) is 1. The molecule has 2 aromatic rings. The van der Waals surface area contributed by atoms with Crippen LogP contribution in [-0.2, 0) is 22.7 Å². The van der Waals surface area contributed by atoms with Crippen molar-refractivity contribution in [2.45, 2.75) is 17.6 Å². The summed E-state index contributed by atoms with van der Waals surface area (Å²) >= 11 is 8.74. The molecule has 1 aromatic carbocycles. The van der Waals surface area contributed by atoms with Crippen LogP contribution in [0.1, 0.15) is 11.1 Å². The Morgan fingerprint density at radius 1 is 1.26 bits per heavy atom. The van der Waals surface area contributed by atoms with Gasteiger partial charge in [-0.3, -0.25) is 0 Å².